The number of ether oxygens (including phenoxy) is 1. The van der Waals surface area contributed by atoms with Crippen LogP contribution in [0.15, 0.2) is 30.0 Å². The second kappa shape index (κ2) is 8.66. The smallest absolute Gasteiger partial charge is 0.158 e. The summed E-state index contributed by atoms with van der Waals surface area (Å²) in [4.78, 5) is 12.5. The molecule has 3 aromatic rings. The first-order valence-electron chi connectivity index (χ1n) is 8.65. The Balaban J connectivity index is 1.55. The van der Waals surface area contributed by atoms with Crippen LogP contribution in [0.3, 0.4) is 0 Å². The van der Waals surface area contributed by atoms with Gasteiger partial charge in [-0.2, -0.15) is 5.26 Å². The van der Waals surface area contributed by atoms with Gasteiger partial charge in [0, 0.05) is 37.3 Å². The standard InChI is InChI=1S/C17H17N9OS/c18-6-11-7-23-15(10-21-11)24-14-5-13(22-9-12-8-19-1-3-27-12)16(26-25-14)17-20-2-4-28-17/h2,4-5,7,10,12,19H,1,3,8-9H2,(H2,22,23,24,25). The summed E-state index contributed by atoms with van der Waals surface area (Å²) in [5.74, 6) is 0.977. The molecule has 1 aliphatic rings. The van der Waals surface area contributed by atoms with Crippen LogP contribution < -0.4 is 16.0 Å². The van der Waals surface area contributed by atoms with E-state index in [-0.39, 0.29) is 11.8 Å². The van der Waals surface area contributed by atoms with Gasteiger partial charge in [0.25, 0.3) is 0 Å². The molecule has 3 aromatic heterocycles. The molecule has 10 nitrogen and oxygen atoms in total. The lowest BCUT2D eigenvalue weighted by atomic mass is 10.2. The summed E-state index contributed by atoms with van der Waals surface area (Å²) in [5, 5.41) is 29.8. The summed E-state index contributed by atoms with van der Waals surface area (Å²) >= 11 is 1.49. The van der Waals surface area contributed by atoms with Crippen LogP contribution in [0.2, 0.25) is 0 Å². The van der Waals surface area contributed by atoms with E-state index >= 15 is 0 Å². The second-order valence-electron chi connectivity index (χ2n) is 5.93. The van der Waals surface area contributed by atoms with Gasteiger partial charge in [0.2, 0.25) is 0 Å². The monoisotopic (exact) mass is 395 g/mol. The van der Waals surface area contributed by atoms with E-state index in [2.05, 4.69) is 41.1 Å². The topological polar surface area (TPSA) is 134 Å². The van der Waals surface area contributed by atoms with Gasteiger partial charge in [0.15, 0.2) is 11.5 Å². The highest BCUT2D eigenvalue weighted by Crippen LogP contribution is 2.29. The van der Waals surface area contributed by atoms with E-state index in [0.717, 1.165) is 23.8 Å². The largest absolute Gasteiger partial charge is 0.380 e. The van der Waals surface area contributed by atoms with Gasteiger partial charge in [-0.15, -0.1) is 21.5 Å². The molecule has 0 aliphatic carbocycles. The van der Waals surface area contributed by atoms with E-state index in [1.165, 1.54) is 23.7 Å². The third-order valence-electron chi connectivity index (χ3n) is 3.98. The van der Waals surface area contributed by atoms with Crippen molar-refractivity contribution in [1.29, 1.82) is 5.26 Å². The molecule has 11 heteroatoms. The molecule has 1 aliphatic heterocycles. The van der Waals surface area contributed by atoms with Gasteiger partial charge in [-0.3, -0.25) is 0 Å². The highest BCUT2D eigenvalue weighted by molar-refractivity contribution is 7.13. The predicted octanol–water partition coefficient (Wildman–Crippen LogP) is 1.41. The number of morpholine rings is 1. The lowest BCUT2D eigenvalue weighted by Gasteiger charge is -2.24. The molecule has 4 rings (SSSR count). The number of nitrogens with one attached hydrogen (secondary N) is 3. The predicted molar refractivity (Wildman–Crippen MR) is 104 cm³/mol. The molecule has 4 heterocycles. The zero-order valence-electron chi connectivity index (χ0n) is 14.8. The molecule has 1 atom stereocenters. The van der Waals surface area contributed by atoms with Crippen molar-refractivity contribution < 1.29 is 4.74 Å². The first-order valence-corrected chi connectivity index (χ1v) is 9.53. The quantitative estimate of drug-likeness (QED) is 0.562. The Bertz CT molecular complexity index is 950. The number of rotatable bonds is 6. The number of nitriles is 1. The summed E-state index contributed by atoms with van der Waals surface area (Å²) in [6.45, 7) is 3.00. The highest BCUT2D eigenvalue weighted by atomic mass is 32.1. The van der Waals surface area contributed by atoms with Gasteiger partial charge in [-0.1, -0.05) is 0 Å². The molecule has 28 heavy (non-hydrogen) atoms. The number of aromatic nitrogens is 5. The molecule has 0 bridgehead atoms. The molecule has 1 unspecified atom stereocenters. The summed E-state index contributed by atoms with van der Waals surface area (Å²) in [6.07, 6.45) is 4.68. The van der Waals surface area contributed by atoms with Crippen molar-refractivity contribution >= 4 is 28.7 Å². The maximum absolute atomic E-state index is 8.82. The number of hydrogen-bond donors (Lipinski definition) is 3. The second-order valence-corrected chi connectivity index (χ2v) is 6.83. The SMILES string of the molecule is N#Cc1cnc(Nc2cc(NCC3CNCCO3)c(-c3nccs3)nn2)cn1. The third kappa shape index (κ3) is 4.37. The maximum Gasteiger partial charge on any atom is 0.158 e. The summed E-state index contributed by atoms with van der Waals surface area (Å²) in [6, 6.07) is 3.78. The van der Waals surface area contributed by atoms with Crippen molar-refractivity contribution in [2.45, 2.75) is 6.10 Å². The average molecular weight is 395 g/mol. The van der Waals surface area contributed by atoms with E-state index in [9.17, 15) is 0 Å². The van der Waals surface area contributed by atoms with Crippen molar-refractivity contribution in [3.63, 3.8) is 0 Å². The van der Waals surface area contributed by atoms with Crippen LogP contribution in [-0.2, 0) is 4.74 Å². The highest BCUT2D eigenvalue weighted by Gasteiger charge is 2.16. The zero-order chi connectivity index (χ0) is 19.2. The lowest BCUT2D eigenvalue weighted by Crippen LogP contribution is -2.42. The average Bonchev–Trinajstić information content (AvgIpc) is 3.28. The van der Waals surface area contributed by atoms with Gasteiger partial charge in [0.1, 0.15) is 22.6 Å². The van der Waals surface area contributed by atoms with Gasteiger partial charge >= 0.3 is 0 Å². The van der Waals surface area contributed by atoms with Crippen LogP contribution in [0.1, 0.15) is 5.69 Å². The van der Waals surface area contributed by atoms with Crippen LogP contribution in [0.5, 0.6) is 0 Å². The van der Waals surface area contributed by atoms with Crippen LogP contribution in [0.4, 0.5) is 17.3 Å². The summed E-state index contributed by atoms with van der Waals surface area (Å²) < 4.78 is 5.74. The molecule has 0 radical (unpaired) electrons. The molecule has 1 saturated heterocycles. The molecule has 3 N–H and O–H groups in total. The Hall–Kier alpha value is -3.20. The van der Waals surface area contributed by atoms with Gasteiger partial charge in [-0.05, 0) is 0 Å². The van der Waals surface area contributed by atoms with Crippen LogP contribution in [0.25, 0.3) is 10.7 Å². The minimum Gasteiger partial charge on any atom is -0.380 e. The van der Waals surface area contributed by atoms with Crippen LogP contribution in [-0.4, -0.2) is 57.5 Å². The number of anilines is 3. The Morgan fingerprint density at radius 1 is 1.25 bits per heavy atom. The Morgan fingerprint density at radius 3 is 2.93 bits per heavy atom. The summed E-state index contributed by atoms with van der Waals surface area (Å²) in [7, 11) is 0. The number of thiazole rings is 1. The van der Waals surface area contributed by atoms with E-state index < -0.39 is 0 Å². The number of hydrogen-bond acceptors (Lipinski definition) is 11. The maximum atomic E-state index is 8.82. The van der Waals surface area contributed by atoms with Crippen LogP contribution in [0, 0.1) is 11.3 Å². The summed E-state index contributed by atoms with van der Waals surface area (Å²) in [5.41, 5.74) is 1.72. The molecule has 142 valence electrons. The van der Waals surface area contributed by atoms with Crippen molar-refractivity contribution in [2.24, 2.45) is 0 Å². The van der Waals surface area contributed by atoms with Crippen molar-refractivity contribution in [1.82, 2.24) is 30.5 Å². The molecule has 1 fully saturated rings. The van der Waals surface area contributed by atoms with Crippen molar-refractivity contribution in [3.8, 4) is 16.8 Å². The van der Waals surface area contributed by atoms with Gasteiger partial charge in [0.05, 0.1) is 30.8 Å². The fourth-order valence-electron chi connectivity index (χ4n) is 2.64. The van der Waals surface area contributed by atoms with E-state index in [4.69, 9.17) is 10.00 Å². The Labute approximate surface area is 165 Å². The first kappa shape index (κ1) is 18.2. The van der Waals surface area contributed by atoms with Crippen molar-refractivity contribution in [3.05, 3.63) is 35.7 Å². The Morgan fingerprint density at radius 2 is 2.21 bits per heavy atom. The molecular formula is C17H17N9OS. The van der Waals surface area contributed by atoms with Crippen molar-refractivity contribution in [2.75, 3.05) is 36.9 Å². The van der Waals surface area contributed by atoms with E-state index in [1.54, 1.807) is 6.20 Å². The molecular weight excluding hydrogens is 378 g/mol. The minimum absolute atomic E-state index is 0.0758. The zero-order valence-corrected chi connectivity index (χ0v) is 15.6. The molecule has 0 amide bonds. The molecule has 0 spiro atoms. The molecule has 0 aromatic carbocycles. The molecule has 0 saturated carbocycles. The third-order valence-corrected chi connectivity index (χ3v) is 4.76. The van der Waals surface area contributed by atoms with Gasteiger partial charge < -0.3 is 20.7 Å². The van der Waals surface area contributed by atoms with E-state index in [1.807, 2.05) is 17.5 Å². The minimum atomic E-state index is 0.0758. The Kier molecular flexibility index (Phi) is 5.62. The lowest BCUT2D eigenvalue weighted by molar-refractivity contribution is 0.0372. The van der Waals surface area contributed by atoms with Gasteiger partial charge in [-0.25, -0.2) is 15.0 Å². The number of nitrogens with zero attached hydrogens (tertiary/aromatic N) is 6. The van der Waals surface area contributed by atoms with Crippen LogP contribution >= 0.6 is 11.3 Å². The fourth-order valence-corrected chi connectivity index (χ4v) is 3.28. The normalized spacial score (nSPS) is 16.3. The van der Waals surface area contributed by atoms with E-state index in [0.29, 0.717) is 30.5 Å². The fraction of sp³-hybridized carbons (Fsp3) is 0.294. The first-order chi connectivity index (χ1) is 13.8.